The van der Waals surface area contributed by atoms with E-state index in [2.05, 4.69) is 10.6 Å². The smallest absolute Gasteiger partial charge is 0.246 e. The number of amides is 2. The van der Waals surface area contributed by atoms with E-state index in [4.69, 9.17) is 5.73 Å². The lowest BCUT2D eigenvalue weighted by molar-refractivity contribution is -0.128. The maximum atomic E-state index is 12.4. The normalized spacial score (nSPS) is 13.3. The molecular formula is C21H27N3O3S. The summed E-state index contributed by atoms with van der Waals surface area (Å²) in [6.45, 7) is 5.35. The molecule has 150 valence electrons. The second kappa shape index (κ2) is 10.1. The molecule has 1 aromatic heterocycles. The van der Waals surface area contributed by atoms with Gasteiger partial charge in [-0.3, -0.25) is 9.59 Å². The Hall–Kier alpha value is -2.64. The third-order valence-corrected chi connectivity index (χ3v) is 5.33. The van der Waals surface area contributed by atoms with E-state index in [0.717, 1.165) is 23.1 Å². The van der Waals surface area contributed by atoms with E-state index >= 15 is 0 Å². The van der Waals surface area contributed by atoms with Crippen LogP contribution in [-0.4, -0.2) is 29.0 Å². The number of aromatic hydroxyl groups is 1. The molecule has 0 aliphatic carbocycles. The van der Waals surface area contributed by atoms with Gasteiger partial charge in [-0.2, -0.15) is 0 Å². The predicted molar refractivity (Wildman–Crippen MR) is 112 cm³/mol. The van der Waals surface area contributed by atoms with Gasteiger partial charge in [0.25, 0.3) is 0 Å². The first-order valence-electron chi connectivity index (χ1n) is 9.10. The molecule has 0 aliphatic rings. The summed E-state index contributed by atoms with van der Waals surface area (Å²) in [7, 11) is 0. The van der Waals surface area contributed by atoms with Gasteiger partial charge in [0.05, 0.1) is 6.04 Å². The molecule has 2 aromatic rings. The van der Waals surface area contributed by atoms with E-state index in [0.29, 0.717) is 6.42 Å². The van der Waals surface area contributed by atoms with Gasteiger partial charge < -0.3 is 21.5 Å². The Morgan fingerprint density at radius 1 is 1.25 bits per heavy atom. The van der Waals surface area contributed by atoms with Crippen LogP contribution in [0, 0.1) is 13.8 Å². The minimum Gasteiger partial charge on any atom is -0.508 e. The molecule has 6 nitrogen and oxygen atoms in total. The molecule has 1 heterocycles. The Morgan fingerprint density at radius 3 is 2.54 bits per heavy atom. The van der Waals surface area contributed by atoms with Crippen molar-refractivity contribution in [1.29, 1.82) is 0 Å². The van der Waals surface area contributed by atoms with E-state index < -0.39 is 18.0 Å². The van der Waals surface area contributed by atoms with Gasteiger partial charge in [0, 0.05) is 17.5 Å². The first kappa shape index (κ1) is 21.7. The lowest BCUT2D eigenvalue weighted by Crippen LogP contribution is -2.50. The number of nitrogens with two attached hydrogens (primary N) is 1. The zero-order valence-corrected chi connectivity index (χ0v) is 17.2. The third kappa shape index (κ3) is 6.21. The number of phenols is 1. The van der Waals surface area contributed by atoms with E-state index in [1.807, 2.05) is 37.4 Å². The second-order valence-corrected chi connectivity index (χ2v) is 7.83. The molecule has 0 fully saturated rings. The number of hydrogen-bond acceptors (Lipinski definition) is 5. The molecule has 0 spiro atoms. The van der Waals surface area contributed by atoms with Crippen molar-refractivity contribution in [2.24, 2.45) is 5.73 Å². The molecule has 7 heteroatoms. The average molecular weight is 402 g/mol. The minimum absolute atomic E-state index is 0.189. The van der Waals surface area contributed by atoms with Crippen molar-refractivity contribution in [3.8, 4) is 5.75 Å². The summed E-state index contributed by atoms with van der Waals surface area (Å²) in [4.78, 5) is 25.7. The van der Waals surface area contributed by atoms with Gasteiger partial charge in [0.2, 0.25) is 11.8 Å². The zero-order valence-electron chi connectivity index (χ0n) is 16.4. The number of aryl methyl sites for hydroxylation is 2. The Bertz CT molecular complexity index is 824. The van der Waals surface area contributed by atoms with Crippen LogP contribution in [0.2, 0.25) is 0 Å². The highest BCUT2D eigenvalue weighted by Gasteiger charge is 2.21. The zero-order chi connectivity index (χ0) is 20.7. The van der Waals surface area contributed by atoms with Crippen LogP contribution in [0.15, 0.2) is 41.9 Å². The summed E-state index contributed by atoms with van der Waals surface area (Å²) < 4.78 is 0. The maximum absolute atomic E-state index is 12.4. The molecule has 0 aliphatic heterocycles. The number of carbonyl (C=O) groups is 2. The van der Waals surface area contributed by atoms with Gasteiger partial charge in [-0.25, -0.2) is 0 Å². The summed E-state index contributed by atoms with van der Waals surface area (Å²) in [6.07, 6.45) is 4.53. The van der Waals surface area contributed by atoms with Gasteiger partial charge in [0.1, 0.15) is 11.8 Å². The molecule has 2 rings (SSSR count). The molecule has 2 amide bonds. The molecule has 0 bridgehead atoms. The van der Waals surface area contributed by atoms with Gasteiger partial charge >= 0.3 is 0 Å². The third-order valence-electron chi connectivity index (χ3n) is 4.44. The number of nitrogens with one attached hydrogen (secondary N) is 2. The van der Waals surface area contributed by atoms with Crippen LogP contribution in [-0.2, 0) is 22.4 Å². The van der Waals surface area contributed by atoms with Crippen molar-refractivity contribution in [1.82, 2.24) is 10.6 Å². The highest BCUT2D eigenvalue weighted by molar-refractivity contribution is 7.09. The standard InChI is InChI=1S/C21H27N3O3S/c1-13-10-16(25)11-14(2)18(13)12-19(22)21(27)24-15(3)20(26)23-8-4-6-17-7-5-9-28-17/h4-5,7-11,15,19,25H,6,12,22H2,1-3H3,(H,23,26)(H,24,27)/b8-4+/t15-,19?/m1/s1. The number of allylic oxidation sites excluding steroid dienone is 1. The highest BCUT2D eigenvalue weighted by Crippen LogP contribution is 2.21. The molecule has 0 radical (unpaired) electrons. The van der Waals surface area contributed by atoms with Gasteiger partial charge in [-0.1, -0.05) is 12.1 Å². The SMILES string of the molecule is Cc1cc(O)cc(C)c1CC(N)C(=O)N[C@H](C)C(=O)N/C=C/Cc1cccs1. The van der Waals surface area contributed by atoms with Crippen LogP contribution in [0.3, 0.4) is 0 Å². The summed E-state index contributed by atoms with van der Waals surface area (Å²) in [5, 5.41) is 16.9. The molecule has 1 aromatic carbocycles. The number of phenolic OH excluding ortho intramolecular Hbond substituents is 1. The fourth-order valence-electron chi connectivity index (χ4n) is 2.86. The topological polar surface area (TPSA) is 104 Å². The monoisotopic (exact) mass is 401 g/mol. The second-order valence-electron chi connectivity index (χ2n) is 6.79. The first-order valence-corrected chi connectivity index (χ1v) is 9.98. The van der Waals surface area contributed by atoms with Crippen LogP contribution in [0.1, 0.15) is 28.5 Å². The average Bonchev–Trinajstić information content (AvgIpc) is 3.14. The van der Waals surface area contributed by atoms with Crippen molar-refractivity contribution in [3.63, 3.8) is 0 Å². The van der Waals surface area contributed by atoms with Crippen LogP contribution in [0.5, 0.6) is 5.75 Å². The lowest BCUT2D eigenvalue weighted by atomic mass is 9.96. The highest BCUT2D eigenvalue weighted by atomic mass is 32.1. The Labute approximate surface area is 169 Å². The fraction of sp³-hybridized carbons (Fsp3) is 0.333. The van der Waals surface area contributed by atoms with Crippen LogP contribution in [0.25, 0.3) is 0 Å². The van der Waals surface area contributed by atoms with Crippen molar-refractivity contribution in [2.75, 3.05) is 0 Å². The van der Waals surface area contributed by atoms with E-state index in [1.165, 1.54) is 4.88 Å². The summed E-state index contributed by atoms with van der Waals surface area (Å²) >= 11 is 1.65. The quantitative estimate of drug-likeness (QED) is 0.545. The first-order chi connectivity index (χ1) is 13.3. The van der Waals surface area contributed by atoms with Crippen molar-refractivity contribution in [2.45, 2.75) is 45.7 Å². The fourth-order valence-corrected chi connectivity index (χ4v) is 3.54. The molecule has 28 heavy (non-hydrogen) atoms. The molecular weight excluding hydrogens is 374 g/mol. The number of hydrogen-bond donors (Lipinski definition) is 4. The summed E-state index contributed by atoms with van der Waals surface area (Å²) in [5.41, 5.74) is 8.71. The van der Waals surface area contributed by atoms with Crippen molar-refractivity contribution < 1.29 is 14.7 Å². The maximum Gasteiger partial charge on any atom is 0.246 e. The number of rotatable bonds is 8. The van der Waals surface area contributed by atoms with Crippen LogP contribution < -0.4 is 16.4 Å². The molecule has 5 N–H and O–H groups in total. The van der Waals surface area contributed by atoms with Crippen molar-refractivity contribution >= 4 is 23.2 Å². The molecule has 1 unspecified atom stereocenters. The summed E-state index contributed by atoms with van der Waals surface area (Å²) in [6, 6.07) is 5.81. The molecule has 0 saturated carbocycles. The largest absolute Gasteiger partial charge is 0.508 e. The van der Waals surface area contributed by atoms with Crippen molar-refractivity contribution in [3.05, 3.63) is 63.5 Å². The number of thiophene rings is 1. The molecule has 0 saturated heterocycles. The Balaban J connectivity index is 1.83. The minimum atomic E-state index is -0.786. The Kier molecular flexibility index (Phi) is 7.78. The van der Waals surface area contributed by atoms with E-state index in [-0.39, 0.29) is 11.7 Å². The van der Waals surface area contributed by atoms with Gasteiger partial charge in [-0.15, -0.1) is 11.3 Å². The van der Waals surface area contributed by atoms with Crippen LogP contribution in [0.4, 0.5) is 0 Å². The van der Waals surface area contributed by atoms with Gasteiger partial charge in [0.15, 0.2) is 0 Å². The number of carbonyl (C=O) groups excluding carboxylic acids is 2. The van der Waals surface area contributed by atoms with Gasteiger partial charge in [-0.05, 0) is 67.5 Å². The van der Waals surface area contributed by atoms with E-state index in [9.17, 15) is 14.7 Å². The number of benzene rings is 1. The van der Waals surface area contributed by atoms with E-state index in [1.54, 1.807) is 36.6 Å². The Morgan fingerprint density at radius 2 is 1.93 bits per heavy atom. The molecule has 2 atom stereocenters. The summed E-state index contributed by atoms with van der Waals surface area (Å²) in [5.74, 6) is -0.508. The predicted octanol–water partition coefficient (Wildman–Crippen LogP) is 2.32. The lowest BCUT2D eigenvalue weighted by Gasteiger charge is -2.18. The van der Waals surface area contributed by atoms with Crippen LogP contribution >= 0.6 is 11.3 Å².